The van der Waals surface area contributed by atoms with E-state index in [4.69, 9.17) is 12.2 Å². The SMILES string of the molecule is CC1CCN(C(=O)NCCc2ccc(S(=O)(=O)NC(=S)NC3CCCCC3)cc2)C(=O)C1.COC. The molecular weight excluding hydrogens is 488 g/mol. The van der Waals surface area contributed by atoms with Crippen LogP contribution in [0.15, 0.2) is 29.2 Å². The van der Waals surface area contributed by atoms with E-state index in [9.17, 15) is 18.0 Å². The number of methoxy groups -OCH3 is 1. The van der Waals surface area contributed by atoms with Gasteiger partial charge in [-0.2, -0.15) is 0 Å². The summed E-state index contributed by atoms with van der Waals surface area (Å²) in [7, 11) is -0.504. The normalized spacial score (nSPS) is 18.8. The molecule has 196 valence electrons. The molecule has 1 aliphatic carbocycles. The average molecular weight is 527 g/mol. The number of piperidine rings is 1. The number of carbonyl (C=O) groups excluding carboxylic acids is 2. The van der Waals surface area contributed by atoms with E-state index in [1.807, 2.05) is 6.92 Å². The molecule has 1 heterocycles. The number of rotatable bonds is 6. The highest BCUT2D eigenvalue weighted by atomic mass is 32.2. The van der Waals surface area contributed by atoms with E-state index in [-0.39, 0.29) is 28.0 Å². The lowest BCUT2D eigenvalue weighted by Gasteiger charge is -2.28. The van der Waals surface area contributed by atoms with E-state index in [1.165, 1.54) is 23.5 Å². The maximum atomic E-state index is 12.6. The zero-order chi connectivity index (χ0) is 25.8. The zero-order valence-electron chi connectivity index (χ0n) is 20.8. The van der Waals surface area contributed by atoms with Crippen molar-refractivity contribution in [2.24, 2.45) is 5.92 Å². The Labute approximate surface area is 214 Å². The third-order valence-electron chi connectivity index (χ3n) is 6.01. The van der Waals surface area contributed by atoms with Gasteiger partial charge in [-0.05, 0) is 61.5 Å². The molecule has 0 aromatic heterocycles. The molecule has 1 saturated carbocycles. The van der Waals surface area contributed by atoms with Crippen molar-refractivity contribution in [2.75, 3.05) is 27.3 Å². The molecule has 3 rings (SSSR count). The topological polar surface area (TPSA) is 117 Å². The number of ether oxygens (including phenoxy) is 1. The number of amides is 3. The summed E-state index contributed by atoms with van der Waals surface area (Å²) in [6.45, 7) is 2.81. The third-order valence-corrected chi connectivity index (χ3v) is 7.72. The van der Waals surface area contributed by atoms with Gasteiger partial charge in [0, 0.05) is 39.8 Å². The number of nitrogens with zero attached hydrogens (tertiary/aromatic N) is 1. The highest BCUT2D eigenvalue weighted by Gasteiger charge is 2.27. The van der Waals surface area contributed by atoms with Gasteiger partial charge in [0.15, 0.2) is 5.11 Å². The maximum absolute atomic E-state index is 12.6. The number of sulfonamides is 1. The van der Waals surface area contributed by atoms with Gasteiger partial charge >= 0.3 is 6.03 Å². The minimum absolute atomic E-state index is 0.130. The summed E-state index contributed by atoms with van der Waals surface area (Å²) >= 11 is 5.19. The Hall–Kier alpha value is -2.24. The Kier molecular flexibility index (Phi) is 11.9. The van der Waals surface area contributed by atoms with Gasteiger partial charge in [-0.1, -0.05) is 38.3 Å². The Morgan fingerprint density at radius 3 is 2.34 bits per heavy atom. The minimum atomic E-state index is -3.75. The van der Waals surface area contributed by atoms with Crippen LogP contribution in [0, 0.1) is 5.92 Å². The monoisotopic (exact) mass is 526 g/mol. The van der Waals surface area contributed by atoms with Crippen LogP contribution in [0.1, 0.15) is 57.4 Å². The standard InChI is InChI=1S/C22H32N4O4S2.C2H6O/c1-16-12-14-26(20(27)15-16)22(28)23-13-11-17-7-9-19(10-8-17)32(29,30)25-21(31)24-18-5-3-2-4-6-18;1-3-2/h7-10,16,18H,2-6,11-15H2,1H3,(H,23,28)(H2,24,25,31);1-2H3. The average Bonchev–Trinajstić information content (AvgIpc) is 2.80. The minimum Gasteiger partial charge on any atom is -0.388 e. The summed E-state index contributed by atoms with van der Waals surface area (Å²) in [5.74, 6) is 0.174. The van der Waals surface area contributed by atoms with Gasteiger partial charge in [0.25, 0.3) is 10.0 Å². The van der Waals surface area contributed by atoms with Crippen molar-refractivity contribution in [3.63, 3.8) is 0 Å². The summed E-state index contributed by atoms with van der Waals surface area (Å²) in [5.41, 5.74) is 0.880. The van der Waals surface area contributed by atoms with Crippen LogP contribution in [0.4, 0.5) is 4.79 Å². The highest BCUT2D eigenvalue weighted by molar-refractivity contribution is 7.91. The van der Waals surface area contributed by atoms with Crippen molar-refractivity contribution in [1.29, 1.82) is 0 Å². The fourth-order valence-electron chi connectivity index (χ4n) is 4.09. The summed E-state index contributed by atoms with van der Waals surface area (Å²) in [5, 5.41) is 6.00. The Balaban J connectivity index is 0.00000137. The Morgan fingerprint density at radius 2 is 1.74 bits per heavy atom. The fraction of sp³-hybridized carbons (Fsp3) is 0.625. The molecule has 35 heavy (non-hydrogen) atoms. The van der Waals surface area contributed by atoms with Gasteiger partial charge in [-0.3, -0.25) is 14.4 Å². The number of likely N-dealkylation sites (tertiary alicyclic amines) is 1. The van der Waals surface area contributed by atoms with Gasteiger partial charge in [0.05, 0.1) is 4.90 Å². The van der Waals surface area contributed by atoms with Crippen LogP contribution in [-0.4, -0.2) is 63.7 Å². The van der Waals surface area contributed by atoms with Crippen LogP contribution in [0.3, 0.4) is 0 Å². The van der Waals surface area contributed by atoms with Crippen molar-refractivity contribution < 1.29 is 22.7 Å². The zero-order valence-corrected chi connectivity index (χ0v) is 22.5. The van der Waals surface area contributed by atoms with Gasteiger partial charge in [-0.15, -0.1) is 0 Å². The number of nitrogens with one attached hydrogen (secondary N) is 3. The molecule has 0 bridgehead atoms. The van der Waals surface area contributed by atoms with Crippen LogP contribution < -0.4 is 15.4 Å². The van der Waals surface area contributed by atoms with Gasteiger partial charge in [0.2, 0.25) is 5.91 Å². The molecule has 0 radical (unpaired) electrons. The molecule has 2 aliphatic rings. The molecule has 1 aromatic carbocycles. The predicted molar refractivity (Wildman–Crippen MR) is 140 cm³/mol. The second kappa shape index (κ2) is 14.4. The van der Waals surface area contributed by atoms with Gasteiger partial charge in [-0.25, -0.2) is 13.2 Å². The maximum Gasteiger partial charge on any atom is 0.324 e. The summed E-state index contributed by atoms with van der Waals surface area (Å²) in [4.78, 5) is 25.6. The number of thiocarbonyl (C=S) groups is 1. The lowest BCUT2D eigenvalue weighted by Crippen LogP contribution is -2.48. The molecule has 1 saturated heterocycles. The van der Waals surface area contributed by atoms with Crippen LogP contribution >= 0.6 is 12.2 Å². The molecule has 2 fully saturated rings. The Bertz CT molecular complexity index is 947. The Morgan fingerprint density at radius 1 is 1.11 bits per heavy atom. The van der Waals surface area contributed by atoms with Crippen molar-refractivity contribution in [3.05, 3.63) is 29.8 Å². The van der Waals surface area contributed by atoms with Crippen LogP contribution in [0.25, 0.3) is 0 Å². The lowest BCUT2D eigenvalue weighted by atomic mass is 9.96. The predicted octanol–water partition coefficient (Wildman–Crippen LogP) is 2.95. The second-order valence-corrected chi connectivity index (χ2v) is 11.2. The summed E-state index contributed by atoms with van der Waals surface area (Å²) < 4.78 is 31.9. The molecule has 3 amide bonds. The number of carbonyl (C=O) groups is 2. The van der Waals surface area contributed by atoms with E-state index >= 15 is 0 Å². The van der Waals surface area contributed by atoms with Crippen LogP contribution in [0.5, 0.6) is 0 Å². The molecular formula is C24H38N4O5S2. The lowest BCUT2D eigenvalue weighted by molar-refractivity contribution is -0.131. The number of benzene rings is 1. The van der Waals surface area contributed by atoms with E-state index in [0.717, 1.165) is 37.7 Å². The van der Waals surface area contributed by atoms with Crippen molar-refractivity contribution in [3.8, 4) is 0 Å². The van der Waals surface area contributed by atoms with Crippen LogP contribution in [0.2, 0.25) is 0 Å². The molecule has 1 unspecified atom stereocenters. The van der Waals surface area contributed by atoms with E-state index in [0.29, 0.717) is 31.8 Å². The summed E-state index contributed by atoms with van der Waals surface area (Å²) in [6.07, 6.45) is 7.21. The molecule has 1 aromatic rings. The van der Waals surface area contributed by atoms with Crippen molar-refractivity contribution in [1.82, 2.24) is 20.3 Å². The molecule has 9 nitrogen and oxygen atoms in total. The van der Waals surface area contributed by atoms with Crippen molar-refractivity contribution in [2.45, 2.75) is 69.2 Å². The second-order valence-electron chi connectivity index (χ2n) is 9.09. The van der Waals surface area contributed by atoms with E-state index in [2.05, 4.69) is 20.1 Å². The first-order chi connectivity index (χ1) is 16.7. The number of hydrogen-bond acceptors (Lipinski definition) is 6. The molecule has 11 heteroatoms. The number of imide groups is 1. The summed E-state index contributed by atoms with van der Waals surface area (Å²) in [6, 6.07) is 6.33. The van der Waals surface area contributed by atoms with E-state index in [1.54, 1.807) is 26.4 Å². The quantitative estimate of drug-likeness (QED) is 0.488. The van der Waals surface area contributed by atoms with Crippen LogP contribution in [-0.2, 0) is 26.0 Å². The number of hydrogen-bond donors (Lipinski definition) is 3. The molecule has 1 aliphatic heterocycles. The highest BCUT2D eigenvalue weighted by Crippen LogP contribution is 2.18. The first-order valence-electron chi connectivity index (χ1n) is 12.1. The fourth-order valence-corrected chi connectivity index (χ4v) is 5.50. The first kappa shape index (κ1) is 29.0. The molecule has 0 spiro atoms. The number of urea groups is 1. The first-order valence-corrected chi connectivity index (χ1v) is 14.0. The van der Waals surface area contributed by atoms with Gasteiger partial charge in [0.1, 0.15) is 0 Å². The smallest absolute Gasteiger partial charge is 0.324 e. The molecule has 1 atom stereocenters. The third kappa shape index (κ3) is 9.73. The largest absolute Gasteiger partial charge is 0.388 e. The van der Waals surface area contributed by atoms with E-state index < -0.39 is 10.0 Å². The van der Waals surface area contributed by atoms with Gasteiger partial charge < -0.3 is 15.4 Å². The molecule has 3 N–H and O–H groups in total. The van der Waals surface area contributed by atoms with Crippen molar-refractivity contribution >= 4 is 39.3 Å².